The Bertz CT molecular complexity index is 355. The molecule has 0 aliphatic rings. The third kappa shape index (κ3) is 1.57. The second-order valence-electron chi connectivity index (χ2n) is 2.23. The Morgan fingerprint density at radius 1 is 1.38 bits per heavy atom. The first-order valence-corrected chi connectivity index (χ1v) is 3.26. The fraction of sp³-hybridized carbons (Fsp3) is 0. The maximum Gasteiger partial charge on any atom is 0.268 e. The number of hydrogen-bond acceptors (Lipinski definition) is 3. The third-order valence-electron chi connectivity index (χ3n) is 1.44. The molecule has 0 saturated heterocycles. The first-order chi connectivity index (χ1) is 6.07. The summed E-state index contributed by atoms with van der Waals surface area (Å²) in [6, 6.07) is 1.79. The van der Waals surface area contributed by atoms with Crippen LogP contribution in [0.4, 0.5) is 8.78 Å². The summed E-state index contributed by atoms with van der Waals surface area (Å²) in [5.74, 6) is -0.00626. The van der Waals surface area contributed by atoms with Gasteiger partial charge in [0.1, 0.15) is 0 Å². The molecule has 1 aromatic rings. The van der Waals surface area contributed by atoms with Crippen molar-refractivity contribution in [3.05, 3.63) is 29.3 Å². The number of nitrogens with two attached hydrogens (primary N) is 1. The number of nitrogens with one attached hydrogen (secondary N) is 1. The fourth-order valence-corrected chi connectivity index (χ4v) is 0.792. The second kappa shape index (κ2) is 3.36. The van der Waals surface area contributed by atoms with Gasteiger partial charge in [-0.1, -0.05) is 0 Å². The molecule has 0 bridgehead atoms. The first kappa shape index (κ1) is 9.40. The number of halogens is 2. The molecule has 0 spiro atoms. The minimum absolute atomic E-state index is 0.558. The lowest BCUT2D eigenvalue weighted by Crippen LogP contribution is -2.30. The van der Waals surface area contributed by atoms with Crippen LogP contribution in [0.2, 0.25) is 0 Å². The van der Waals surface area contributed by atoms with Crippen LogP contribution in [0.1, 0.15) is 10.4 Å². The minimum atomic E-state index is -1.47. The molecule has 0 fully saturated rings. The van der Waals surface area contributed by atoms with Gasteiger partial charge in [0.15, 0.2) is 11.6 Å². The highest BCUT2D eigenvalue weighted by Gasteiger charge is 2.17. The van der Waals surface area contributed by atoms with E-state index in [1.807, 2.05) is 0 Å². The molecule has 0 unspecified atom stereocenters. The summed E-state index contributed by atoms with van der Waals surface area (Å²) in [5.41, 5.74) is 1.08. The molecule has 0 radical (unpaired) electrons. The van der Waals surface area contributed by atoms with Gasteiger partial charge in [-0.25, -0.2) is 10.2 Å². The Labute approximate surface area is 71.9 Å². The summed E-state index contributed by atoms with van der Waals surface area (Å²) in [6.07, 6.45) is 0. The number of nitrogen functional groups attached to an aromatic ring is 1. The molecule has 0 heterocycles. The molecule has 1 rings (SSSR count). The number of amides is 1. The van der Waals surface area contributed by atoms with Crippen molar-refractivity contribution in [1.82, 2.24) is 5.43 Å². The Morgan fingerprint density at radius 2 is 2.00 bits per heavy atom. The van der Waals surface area contributed by atoms with Crippen molar-refractivity contribution in [3.63, 3.8) is 0 Å². The molecule has 0 saturated carbocycles. The zero-order valence-corrected chi connectivity index (χ0v) is 6.34. The highest BCUT2D eigenvalue weighted by molar-refractivity contribution is 5.94. The molecule has 0 atom stereocenters. The van der Waals surface area contributed by atoms with E-state index in [0.717, 1.165) is 12.1 Å². The summed E-state index contributed by atoms with van der Waals surface area (Å²) in [5, 5.41) is 8.70. The van der Waals surface area contributed by atoms with E-state index in [9.17, 15) is 13.6 Å². The molecule has 0 aliphatic carbocycles. The maximum atomic E-state index is 12.8. The van der Waals surface area contributed by atoms with Crippen LogP contribution in [0.25, 0.3) is 0 Å². The topological polar surface area (TPSA) is 75.3 Å². The Kier molecular flexibility index (Phi) is 2.43. The number of benzene rings is 1. The maximum absolute atomic E-state index is 12.8. The molecular formula is C7H6F2N2O2. The van der Waals surface area contributed by atoms with E-state index in [-0.39, 0.29) is 0 Å². The molecule has 13 heavy (non-hydrogen) atoms. The van der Waals surface area contributed by atoms with E-state index in [0.29, 0.717) is 0 Å². The van der Waals surface area contributed by atoms with Crippen molar-refractivity contribution in [3.8, 4) is 5.75 Å². The number of hydrogen-bond donors (Lipinski definition) is 3. The Balaban J connectivity index is 3.26. The zero-order valence-electron chi connectivity index (χ0n) is 6.34. The lowest BCUT2D eigenvalue weighted by Gasteiger charge is -2.02. The summed E-state index contributed by atoms with van der Waals surface area (Å²) >= 11 is 0. The van der Waals surface area contributed by atoms with Gasteiger partial charge in [0.05, 0.1) is 5.56 Å². The van der Waals surface area contributed by atoms with E-state index in [4.69, 9.17) is 10.9 Å². The molecule has 70 valence electrons. The molecule has 4 nitrogen and oxygen atoms in total. The van der Waals surface area contributed by atoms with Crippen LogP contribution in [-0.2, 0) is 0 Å². The van der Waals surface area contributed by atoms with Crippen LogP contribution in [-0.4, -0.2) is 11.0 Å². The predicted octanol–water partition coefficient (Wildman–Crippen LogP) is 0.274. The van der Waals surface area contributed by atoms with E-state index < -0.39 is 28.9 Å². The average molecular weight is 188 g/mol. The van der Waals surface area contributed by atoms with Crippen molar-refractivity contribution >= 4 is 5.91 Å². The molecule has 4 N–H and O–H groups in total. The third-order valence-corrected chi connectivity index (χ3v) is 1.44. The van der Waals surface area contributed by atoms with Crippen LogP contribution < -0.4 is 11.3 Å². The monoisotopic (exact) mass is 188 g/mol. The number of aromatic hydroxyl groups is 1. The van der Waals surface area contributed by atoms with Crippen LogP contribution in [0.3, 0.4) is 0 Å². The van der Waals surface area contributed by atoms with Gasteiger partial charge >= 0.3 is 0 Å². The summed E-state index contributed by atoms with van der Waals surface area (Å²) in [4.78, 5) is 10.8. The molecule has 0 aliphatic heterocycles. The van der Waals surface area contributed by atoms with E-state index in [1.165, 1.54) is 0 Å². The number of carbonyl (C=O) groups excluding carboxylic acids is 1. The van der Waals surface area contributed by atoms with Gasteiger partial charge in [-0.15, -0.1) is 0 Å². The van der Waals surface area contributed by atoms with Gasteiger partial charge in [-0.3, -0.25) is 10.2 Å². The number of phenolic OH excluding ortho intramolecular Hbond substituents is 1. The first-order valence-electron chi connectivity index (χ1n) is 3.26. The van der Waals surface area contributed by atoms with Crippen LogP contribution in [0.5, 0.6) is 5.75 Å². The van der Waals surface area contributed by atoms with Crippen LogP contribution >= 0.6 is 0 Å². The number of rotatable bonds is 1. The zero-order chi connectivity index (χ0) is 10.0. The standard InChI is InChI=1S/C7H6F2N2O2/c8-5-3(7(13)11-10)1-2-4(12)6(5)9/h1-2,12H,10H2,(H,11,13). The van der Waals surface area contributed by atoms with Crippen molar-refractivity contribution in [2.24, 2.45) is 5.84 Å². The highest BCUT2D eigenvalue weighted by Crippen LogP contribution is 2.20. The summed E-state index contributed by atoms with van der Waals surface area (Å²) < 4.78 is 25.5. The van der Waals surface area contributed by atoms with Gasteiger partial charge in [0.2, 0.25) is 5.82 Å². The lowest BCUT2D eigenvalue weighted by molar-refractivity contribution is 0.0948. The molecule has 6 heteroatoms. The van der Waals surface area contributed by atoms with Crippen molar-refractivity contribution < 1.29 is 18.7 Å². The largest absolute Gasteiger partial charge is 0.505 e. The fourth-order valence-electron chi connectivity index (χ4n) is 0.792. The number of phenols is 1. The van der Waals surface area contributed by atoms with Gasteiger partial charge in [0, 0.05) is 0 Å². The normalized spacial score (nSPS) is 9.77. The smallest absolute Gasteiger partial charge is 0.268 e. The van der Waals surface area contributed by atoms with Crippen LogP contribution in [0, 0.1) is 11.6 Å². The van der Waals surface area contributed by atoms with Crippen molar-refractivity contribution in [1.29, 1.82) is 0 Å². The Morgan fingerprint density at radius 3 is 2.54 bits per heavy atom. The second-order valence-corrected chi connectivity index (χ2v) is 2.23. The summed E-state index contributed by atoms with van der Waals surface area (Å²) in [6.45, 7) is 0. The summed E-state index contributed by atoms with van der Waals surface area (Å²) in [7, 11) is 0. The van der Waals surface area contributed by atoms with Crippen molar-refractivity contribution in [2.45, 2.75) is 0 Å². The van der Waals surface area contributed by atoms with Gasteiger partial charge in [0.25, 0.3) is 5.91 Å². The van der Waals surface area contributed by atoms with E-state index in [1.54, 1.807) is 5.43 Å². The lowest BCUT2D eigenvalue weighted by atomic mass is 10.2. The van der Waals surface area contributed by atoms with E-state index in [2.05, 4.69) is 0 Å². The molecular weight excluding hydrogens is 182 g/mol. The molecule has 1 aromatic carbocycles. The number of hydrazine groups is 1. The van der Waals surface area contributed by atoms with E-state index >= 15 is 0 Å². The Hall–Kier alpha value is -1.69. The molecule has 1 amide bonds. The van der Waals surface area contributed by atoms with Gasteiger partial charge in [-0.05, 0) is 12.1 Å². The quantitative estimate of drug-likeness (QED) is 0.336. The predicted molar refractivity (Wildman–Crippen MR) is 39.7 cm³/mol. The van der Waals surface area contributed by atoms with Crippen molar-refractivity contribution in [2.75, 3.05) is 0 Å². The minimum Gasteiger partial charge on any atom is -0.505 e. The number of carbonyl (C=O) groups is 1. The SMILES string of the molecule is NNC(=O)c1ccc(O)c(F)c1F. The average Bonchev–Trinajstić information content (AvgIpc) is 2.13. The van der Waals surface area contributed by atoms with Gasteiger partial charge in [-0.2, -0.15) is 4.39 Å². The van der Waals surface area contributed by atoms with Gasteiger partial charge < -0.3 is 5.11 Å². The molecule has 0 aromatic heterocycles. The highest BCUT2D eigenvalue weighted by atomic mass is 19.2. The van der Waals surface area contributed by atoms with Crippen LogP contribution in [0.15, 0.2) is 12.1 Å².